The summed E-state index contributed by atoms with van der Waals surface area (Å²) in [6.45, 7) is 2.90. The molecule has 1 aliphatic rings. The number of pyridine rings is 1. The number of phenolic OH excluding ortho intramolecular Hbond substituents is 1. The Labute approximate surface area is 183 Å². The lowest BCUT2D eigenvalue weighted by Gasteiger charge is -2.34. The van der Waals surface area contributed by atoms with Crippen LogP contribution in [0.15, 0.2) is 36.7 Å². The third kappa shape index (κ3) is 3.73. The standard InChI is InChI=1S/C22H22ClFN4O3/c1-22(7-9-31-2)11-26-21(30)16-18(27-15-5-3-4-13(23)19(15)29)17(28-20(16)22)12-6-8-25-10-14(12)24/h3-6,8,10,27-29H,7,9,11H2,1-2H3,(H,26,30)/t22-/m1/s1. The SMILES string of the molecule is COCC[C@]1(C)CNC(=O)c2c1[nH]c(-c1ccncc1F)c2Nc1cccc(Cl)c1O. The number of hydrogen-bond donors (Lipinski definition) is 4. The number of fused-ring (bicyclic) bond motifs is 1. The van der Waals surface area contributed by atoms with Gasteiger partial charge in [0.1, 0.15) is 0 Å². The summed E-state index contributed by atoms with van der Waals surface area (Å²) in [7, 11) is 1.62. The first-order valence-electron chi connectivity index (χ1n) is 9.73. The number of methoxy groups -OCH3 is 1. The lowest BCUT2D eigenvalue weighted by molar-refractivity contribution is 0.0913. The fourth-order valence-corrected chi connectivity index (χ4v) is 4.00. The highest BCUT2D eigenvalue weighted by molar-refractivity contribution is 6.32. The number of benzene rings is 1. The number of amides is 1. The van der Waals surface area contributed by atoms with E-state index in [9.17, 15) is 14.3 Å². The number of phenols is 1. The van der Waals surface area contributed by atoms with E-state index in [4.69, 9.17) is 16.3 Å². The molecule has 1 atom stereocenters. The van der Waals surface area contributed by atoms with Crippen LogP contribution in [-0.4, -0.2) is 41.2 Å². The highest BCUT2D eigenvalue weighted by Gasteiger charge is 2.40. The molecule has 0 aliphatic carbocycles. The molecule has 0 spiro atoms. The van der Waals surface area contributed by atoms with Crippen LogP contribution in [0.25, 0.3) is 11.3 Å². The molecule has 1 amide bonds. The molecule has 0 radical (unpaired) electrons. The number of aromatic nitrogens is 2. The Bertz CT molecular complexity index is 1150. The smallest absolute Gasteiger partial charge is 0.255 e. The minimum atomic E-state index is -0.543. The summed E-state index contributed by atoms with van der Waals surface area (Å²) in [4.78, 5) is 20.0. The number of carbonyl (C=O) groups is 1. The summed E-state index contributed by atoms with van der Waals surface area (Å²) in [5, 5.41) is 16.6. The number of nitrogens with zero attached hydrogens (tertiary/aromatic N) is 1. The van der Waals surface area contributed by atoms with E-state index < -0.39 is 11.2 Å². The summed E-state index contributed by atoms with van der Waals surface area (Å²) >= 11 is 6.05. The van der Waals surface area contributed by atoms with Crippen LogP contribution in [0.5, 0.6) is 5.75 Å². The van der Waals surface area contributed by atoms with Gasteiger partial charge in [-0.2, -0.15) is 0 Å². The number of halogens is 2. The van der Waals surface area contributed by atoms with E-state index in [-0.39, 0.29) is 22.2 Å². The number of aromatic hydroxyl groups is 1. The van der Waals surface area contributed by atoms with Crippen LogP contribution in [-0.2, 0) is 10.2 Å². The van der Waals surface area contributed by atoms with Gasteiger partial charge in [-0.1, -0.05) is 24.6 Å². The molecule has 9 heteroatoms. The molecule has 1 aliphatic heterocycles. The van der Waals surface area contributed by atoms with Crippen molar-refractivity contribution in [2.45, 2.75) is 18.8 Å². The van der Waals surface area contributed by atoms with Crippen LogP contribution in [0.4, 0.5) is 15.8 Å². The molecule has 4 N–H and O–H groups in total. The third-order valence-corrected chi connectivity index (χ3v) is 5.92. The van der Waals surface area contributed by atoms with Gasteiger partial charge in [0, 0.05) is 43.1 Å². The molecular formula is C22H22ClFN4O3. The summed E-state index contributed by atoms with van der Waals surface area (Å²) in [5.74, 6) is -1.01. The molecule has 0 saturated heterocycles. The molecule has 0 fully saturated rings. The fourth-order valence-electron chi connectivity index (χ4n) is 3.83. The summed E-state index contributed by atoms with van der Waals surface area (Å²) in [6, 6.07) is 6.36. The molecule has 3 heterocycles. The lowest BCUT2D eigenvalue weighted by Crippen LogP contribution is -2.45. The molecule has 162 valence electrons. The maximum atomic E-state index is 14.7. The molecule has 0 saturated carbocycles. The minimum absolute atomic E-state index is 0.153. The van der Waals surface area contributed by atoms with Crippen LogP contribution in [0.2, 0.25) is 5.02 Å². The van der Waals surface area contributed by atoms with E-state index in [0.29, 0.717) is 47.9 Å². The number of ether oxygens (including phenoxy) is 1. The van der Waals surface area contributed by atoms with Crippen LogP contribution in [0.3, 0.4) is 0 Å². The molecule has 0 unspecified atom stereocenters. The number of rotatable bonds is 6. The van der Waals surface area contributed by atoms with Gasteiger partial charge in [0.15, 0.2) is 11.6 Å². The largest absolute Gasteiger partial charge is 0.504 e. The Morgan fingerprint density at radius 1 is 1.39 bits per heavy atom. The highest BCUT2D eigenvalue weighted by Crippen LogP contribution is 2.44. The number of nitrogens with one attached hydrogen (secondary N) is 3. The van der Waals surface area contributed by atoms with E-state index in [2.05, 4.69) is 20.6 Å². The quantitative estimate of drug-likeness (QED) is 0.423. The maximum Gasteiger partial charge on any atom is 0.255 e. The Hall–Kier alpha value is -3.10. The number of para-hydroxylation sites is 1. The van der Waals surface area contributed by atoms with Crippen LogP contribution in [0.1, 0.15) is 29.4 Å². The van der Waals surface area contributed by atoms with E-state index in [1.54, 1.807) is 25.3 Å². The van der Waals surface area contributed by atoms with Gasteiger partial charge in [-0.15, -0.1) is 0 Å². The first-order valence-corrected chi connectivity index (χ1v) is 10.1. The van der Waals surface area contributed by atoms with E-state index >= 15 is 0 Å². The average molecular weight is 445 g/mol. The first-order chi connectivity index (χ1) is 14.9. The van der Waals surface area contributed by atoms with Gasteiger partial charge in [0.05, 0.1) is 33.9 Å². The number of hydrogen-bond acceptors (Lipinski definition) is 5. The van der Waals surface area contributed by atoms with Gasteiger partial charge in [-0.3, -0.25) is 9.78 Å². The number of carbonyl (C=O) groups excluding carboxylic acids is 1. The van der Waals surface area contributed by atoms with Crippen molar-refractivity contribution in [3.05, 3.63) is 58.8 Å². The van der Waals surface area contributed by atoms with Crippen molar-refractivity contribution in [1.82, 2.24) is 15.3 Å². The fraction of sp³-hybridized carbons (Fsp3) is 0.273. The van der Waals surface area contributed by atoms with E-state index in [1.807, 2.05) is 6.92 Å². The molecule has 4 rings (SSSR count). The molecule has 31 heavy (non-hydrogen) atoms. The third-order valence-electron chi connectivity index (χ3n) is 5.62. The Balaban J connectivity index is 1.94. The number of anilines is 2. The van der Waals surface area contributed by atoms with Gasteiger partial charge in [-0.05, 0) is 24.6 Å². The van der Waals surface area contributed by atoms with Crippen LogP contribution < -0.4 is 10.6 Å². The van der Waals surface area contributed by atoms with Gasteiger partial charge >= 0.3 is 0 Å². The molecular weight excluding hydrogens is 423 g/mol. The molecule has 1 aromatic carbocycles. The average Bonchev–Trinajstić information content (AvgIpc) is 3.14. The normalized spacial score (nSPS) is 17.9. The predicted molar refractivity (Wildman–Crippen MR) is 117 cm³/mol. The lowest BCUT2D eigenvalue weighted by atomic mass is 9.79. The van der Waals surface area contributed by atoms with E-state index in [0.717, 1.165) is 6.20 Å². The zero-order valence-electron chi connectivity index (χ0n) is 17.1. The zero-order valence-corrected chi connectivity index (χ0v) is 17.8. The summed E-state index contributed by atoms with van der Waals surface area (Å²) in [6.07, 6.45) is 3.22. The van der Waals surface area contributed by atoms with Crippen LogP contribution in [0, 0.1) is 5.82 Å². The van der Waals surface area contributed by atoms with Crippen molar-refractivity contribution < 1.29 is 19.0 Å². The van der Waals surface area contributed by atoms with Crippen molar-refractivity contribution in [3.8, 4) is 17.0 Å². The second-order valence-corrected chi connectivity index (χ2v) is 8.13. The predicted octanol–water partition coefficient (Wildman–Crippen LogP) is 4.36. The van der Waals surface area contributed by atoms with Crippen molar-refractivity contribution in [1.29, 1.82) is 0 Å². The minimum Gasteiger partial charge on any atom is -0.504 e. The van der Waals surface area contributed by atoms with Crippen molar-refractivity contribution in [2.24, 2.45) is 0 Å². The highest BCUT2D eigenvalue weighted by atomic mass is 35.5. The van der Waals surface area contributed by atoms with Crippen LogP contribution >= 0.6 is 11.6 Å². The van der Waals surface area contributed by atoms with Gasteiger partial charge < -0.3 is 25.5 Å². The summed E-state index contributed by atoms with van der Waals surface area (Å²) in [5.41, 5.74) is 1.83. The van der Waals surface area contributed by atoms with Crippen molar-refractivity contribution in [2.75, 3.05) is 25.6 Å². The van der Waals surface area contributed by atoms with E-state index in [1.165, 1.54) is 12.3 Å². The molecule has 3 aromatic rings. The first kappa shape index (κ1) is 21.1. The molecule has 2 aromatic heterocycles. The summed E-state index contributed by atoms with van der Waals surface area (Å²) < 4.78 is 20.0. The second-order valence-electron chi connectivity index (χ2n) is 7.73. The maximum absolute atomic E-state index is 14.7. The van der Waals surface area contributed by atoms with Crippen molar-refractivity contribution in [3.63, 3.8) is 0 Å². The second kappa shape index (κ2) is 8.20. The van der Waals surface area contributed by atoms with Gasteiger partial charge in [0.25, 0.3) is 5.91 Å². The van der Waals surface area contributed by atoms with Gasteiger partial charge in [-0.25, -0.2) is 4.39 Å². The topological polar surface area (TPSA) is 99.3 Å². The number of H-pyrrole nitrogens is 1. The molecule has 7 nitrogen and oxygen atoms in total. The monoisotopic (exact) mass is 444 g/mol. The Morgan fingerprint density at radius 3 is 2.94 bits per heavy atom. The Morgan fingerprint density at radius 2 is 2.19 bits per heavy atom. The zero-order chi connectivity index (χ0) is 22.2. The number of aromatic amines is 1. The Kier molecular flexibility index (Phi) is 5.60. The molecule has 0 bridgehead atoms. The van der Waals surface area contributed by atoms with Crippen molar-refractivity contribution >= 4 is 28.9 Å². The van der Waals surface area contributed by atoms with Gasteiger partial charge in [0.2, 0.25) is 0 Å².